The second-order valence-electron chi connectivity index (χ2n) is 4.01. The van der Waals surface area contributed by atoms with E-state index in [1.807, 2.05) is 0 Å². The van der Waals surface area contributed by atoms with E-state index in [1.165, 1.54) is 6.07 Å². The number of rotatable bonds is 4. The number of carbonyl (C=O) groups excluding carboxylic acids is 1. The molecule has 104 valence electrons. The fourth-order valence-corrected chi connectivity index (χ4v) is 2.08. The molecule has 2 rings (SSSR count). The summed E-state index contributed by atoms with van der Waals surface area (Å²) in [6, 6.07) is 11.5. The largest absolute Gasteiger partial charge is 0.374 e. The molecule has 0 spiro atoms. The van der Waals surface area contributed by atoms with Crippen LogP contribution in [-0.2, 0) is 4.79 Å². The first-order valence-electron chi connectivity index (χ1n) is 5.79. The van der Waals surface area contributed by atoms with E-state index < -0.39 is 5.82 Å². The lowest BCUT2D eigenvalue weighted by molar-refractivity contribution is -0.114. The summed E-state index contributed by atoms with van der Waals surface area (Å²) in [4.78, 5) is 11.8. The van der Waals surface area contributed by atoms with Gasteiger partial charge in [0.1, 0.15) is 5.82 Å². The molecule has 0 radical (unpaired) electrons. The molecule has 0 aromatic heterocycles. The first-order valence-corrected chi connectivity index (χ1v) is 6.96. The fraction of sp³-hybridized carbons (Fsp3) is 0.0714. The highest BCUT2D eigenvalue weighted by Gasteiger charge is 2.07. The Morgan fingerprint density at radius 3 is 2.65 bits per heavy atom. The Morgan fingerprint density at radius 1 is 1.20 bits per heavy atom. The van der Waals surface area contributed by atoms with E-state index in [-0.39, 0.29) is 18.1 Å². The maximum Gasteiger partial charge on any atom is 0.243 e. The number of benzene rings is 2. The number of amides is 1. The van der Waals surface area contributed by atoms with E-state index in [9.17, 15) is 9.18 Å². The van der Waals surface area contributed by atoms with Crippen LogP contribution in [0.4, 0.5) is 15.8 Å². The summed E-state index contributed by atoms with van der Waals surface area (Å²) in [6.45, 7) is -0.0518. The maximum absolute atomic E-state index is 13.5. The third kappa shape index (κ3) is 3.95. The molecule has 0 saturated carbocycles. The Morgan fingerprint density at radius 2 is 1.95 bits per heavy atom. The van der Waals surface area contributed by atoms with Gasteiger partial charge in [0.25, 0.3) is 0 Å². The number of halogens is 3. The molecule has 6 heteroatoms. The Hall–Kier alpha value is -1.59. The smallest absolute Gasteiger partial charge is 0.243 e. The molecule has 0 bridgehead atoms. The van der Waals surface area contributed by atoms with Gasteiger partial charge in [0, 0.05) is 4.47 Å². The van der Waals surface area contributed by atoms with Crippen molar-refractivity contribution in [3.05, 3.63) is 57.8 Å². The van der Waals surface area contributed by atoms with Gasteiger partial charge in [0.05, 0.1) is 22.9 Å². The molecule has 20 heavy (non-hydrogen) atoms. The minimum atomic E-state index is -0.426. The van der Waals surface area contributed by atoms with Crippen LogP contribution in [0.1, 0.15) is 0 Å². The zero-order chi connectivity index (χ0) is 14.5. The normalized spacial score (nSPS) is 10.2. The van der Waals surface area contributed by atoms with Gasteiger partial charge in [-0.25, -0.2) is 4.39 Å². The number of hydrogen-bond donors (Lipinski definition) is 2. The van der Waals surface area contributed by atoms with Crippen LogP contribution in [0.25, 0.3) is 0 Å². The molecule has 0 heterocycles. The van der Waals surface area contributed by atoms with Crippen molar-refractivity contribution < 1.29 is 9.18 Å². The average molecular weight is 358 g/mol. The van der Waals surface area contributed by atoms with Gasteiger partial charge in [0.15, 0.2) is 0 Å². The van der Waals surface area contributed by atoms with E-state index in [4.69, 9.17) is 11.6 Å². The summed E-state index contributed by atoms with van der Waals surface area (Å²) in [5.74, 6) is -0.731. The minimum absolute atomic E-state index is 0.0518. The third-order valence-electron chi connectivity index (χ3n) is 2.52. The van der Waals surface area contributed by atoms with E-state index in [0.717, 1.165) is 0 Å². The Kier molecular flexibility index (Phi) is 4.98. The molecule has 0 aliphatic carbocycles. The van der Waals surface area contributed by atoms with Gasteiger partial charge in [-0.2, -0.15) is 0 Å². The minimum Gasteiger partial charge on any atom is -0.374 e. The van der Waals surface area contributed by atoms with Crippen LogP contribution in [0, 0.1) is 5.82 Å². The van der Waals surface area contributed by atoms with Crippen molar-refractivity contribution in [2.24, 2.45) is 0 Å². The highest BCUT2D eigenvalue weighted by Crippen LogP contribution is 2.21. The maximum atomic E-state index is 13.5. The first kappa shape index (κ1) is 14.8. The SMILES string of the molecule is O=C(CNc1ccc(Br)cc1F)Nc1ccccc1Cl. The van der Waals surface area contributed by atoms with Crippen molar-refractivity contribution in [2.45, 2.75) is 0 Å². The van der Waals surface area contributed by atoms with Crippen molar-refractivity contribution in [3.63, 3.8) is 0 Å². The van der Waals surface area contributed by atoms with Crippen LogP contribution in [0.15, 0.2) is 46.9 Å². The van der Waals surface area contributed by atoms with E-state index in [0.29, 0.717) is 15.2 Å². The van der Waals surface area contributed by atoms with Gasteiger partial charge >= 0.3 is 0 Å². The van der Waals surface area contributed by atoms with Gasteiger partial charge in [-0.15, -0.1) is 0 Å². The predicted molar refractivity (Wildman–Crippen MR) is 82.7 cm³/mol. The lowest BCUT2D eigenvalue weighted by Crippen LogP contribution is -2.22. The summed E-state index contributed by atoms with van der Waals surface area (Å²) < 4.78 is 14.2. The van der Waals surface area contributed by atoms with Crippen molar-refractivity contribution in [1.82, 2.24) is 0 Å². The van der Waals surface area contributed by atoms with E-state index in [2.05, 4.69) is 26.6 Å². The second kappa shape index (κ2) is 6.72. The molecule has 0 aliphatic heterocycles. The highest BCUT2D eigenvalue weighted by molar-refractivity contribution is 9.10. The zero-order valence-electron chi connectivity index (χ0n) is 10.3. The number of carbonyl (C=O) groups is 1. The van der Waals surface area contributed by atoms with Crippen molar-refractivity contribution in [2.75, 3.05) is 17.2 Å². The Bertz CT molecular complexity index is 636. The quantitative estimate of drug-likeness (QED) is 0.857. The second-order valence-corrected chi connectivity index (χ2v) is 5.33. The molecular formula is C14H11BrClFN2O. The van der Waals surface area contributed by atoms with Crippen LogP contribution in [-0.4, -0.2) is 12.5 Å². The van der Waals surface area contributed by atoms with Crippen LogP contribution in [0.3, 0.4) is 0 Å². The summed E-state index contributed by atoms with van der Waals surface area (Å²) in [5, 5.41) is 5.83. The summed E-state index contributed by atoms with van der Waals surface area (Å²) in [6.07, 6.45) is 0. The van der Waals surface area contributed by atoms with Gasteiger partial charge < -0.3 is 10.6 Å². The topological polar surface area (TPSA) is 41.1 Å². The average Bonchev–Trinajstić information content (AvgIpc) is 2.40. The van der Waals surface area contributed by atoms with E-state index in [1.54, 1.807) is 36.4 Å². The van der Waals surface area contributed by atoms with Gasteiger partial charge in [0.2, 0.25) is 5.91 Å². The molecule has 0 atom stereocenters. The number of hydrogen-bond acceptors (Lipinski definition) is 2. The molecule has 0 fully saturated rings. The molecule has 0 saturated heterocycles. The van der Waals surface area contributed by atoms with Gasteiger partial charge in [-0.1, -0.05) is 39.7 Å². The standard InChI is InChI=1S/C14H11BrClFN2O/c15-9-5-6-13(11(17)7-9)18-8-14(20)19-12-4-2-1-3-10(12)16/h1-7,18H,8H2,(H,19,20). The Balaban J connectivity index is 1.94. The van der Waals surface area contributed by atoms with Crippen LogP contribution in [0.2, 0.25) is 5.02 Å². The van der Waals surface area contributed by atoms with Crippen molar-refractivity contribution in [3.8, 4) is 0 Å². The van der Waals surface area contributed by atoms with Crippen LogP contribution >= 0.6 is 27.5 Å². The van der Waals surface area contributed by atoms with E-state index >= 15 is 0 Å². The number of anilines is 2. The lowest BCUT2D eigenvalue weighted by atomic mass is 10.3. The highest BCUT2D eigenvalue weighted by atomic mass is 79.9. The monoisotopic (exact) mass is 356 g/mol. The number of nitrogens with one attached hydrogen (secondary N) is 2. The molecular weight excluding hydrogens is 347 g/mol. The molecule has 2 aromatic rings. The molecule has 1 amide bonds. The van der Waals surface area contributed by atoms with Crippen molar-refractivity contribution in [1.29, 1.82) is 0 Å². The van der Waals surface area contributed by atoms with Crippen LogP contribution < -0.4 is 10.6 Å². The molecule has 0 unspecified atom stereocenters. The summed E-state index contributed by atoms with van der Waals surface area (Å²) in [5.41, 5.74) is 0.791. The molecule has 2 aromatic carbocycles. The number of para-hydroxylation sites is 1. The first-order chi connectivity index (χ1) is 9.56. The van der Waals surface area contributed by atoms with Gasteiger partial charge in [-0.05, 0) is 30.3 Å². The Labute approximate surface area is 129 Å². The molecule has 2 N–H and O–H groups in total. The summed E-state index contributed by atoms with van der Waals surface area (Å²) in [7, 11) is 0. The van der Waals surface area contributed by atoms with Crippen LogP contribution in [0.5, 0.6) is 0 Å². The third-order valence-corrected chi connectivity index (χ3v) is 3.34. The zero-order valence-corrected chi connectivity index (χ0v) is 12.6. The predicted octanol–water partition coefficient (Wildman–Crippen LogP) is 4.29. The molecule has 0 aliphatic rings. The molecule has 3 nitrogen and oxygen atoms in total. The lowest BCUT2D eigenvalue weighted by Gasteiger charge is -2.09. The summed E-state index contributed by atoms with van der Waals surface area (Å²) >= 11 is 9.09. The van der Waals surface area contributed by atoms with Crippen molar-refractivity contribution >= 4 is 44.8 Å². The fourth-order valence-electron chi connectivity index (χ4n) is 1.57. The van der Waals surface area contributed by atoms with Gasteiger partial charge in [-0.3, -0.25) is 4.79 Å².